The van der Waals surface area contributed by atoms with Crippen LogP contribution in [0.1, 0.15) is 16.1 Å². The molecule has 1 aliphatic rings. The van der Waals surface area contributed by atoms with E-state index in [2.05, 4.69) is 15.0 Å². The van der Waals surface area contributed by atoms with Gasteiger partial charge in [0.15, 0.2) is 5.82 Å². The second-order valence-electron chi connectivity index (χ2n) is 6.81. The van der Waals surface area contributed by atoms with Crippen molar-refractivity contribution in [2.24, 2.45) is 0 Å². The lowest BCUT2D eigenvalue weighted by Gasteiger charge is -2.30. The number of fused-ring (bicyclic) bond motifs is 4. The second-order valence-corrected chi connectivity index (χ2v) is 6.81. The first-order chi connectivity index (χ1) is 14.7. The quantitative estimate of drug-likeness (QED) is 0.465. The highest BCUT2D eigenvalue weighted by atomic mass is 19.4. The van der Waals surface area contributed by atoms with Gasteiger partial charge in [-0.15, -0.1) is 0 Å². The van der Waals surface area contributed by atoms with Gasteiger partial charge in [-0.05, 0) is 18.2 Å². The third kappa shape index (κ3) is 2.98. The third-order valence-electron chi connectivity index (χ3n) is 4.93. The Morgan fingerprint density at radius 1 is 1.16 bits per heavy atom. The molecular formula is C19H12F4N6O2. The number of halogens is 4. The molecule has 4 heterocycles. The molecule has 31 heavy (non-hydrogen) atoms. The van der Waals surface area contributed by atoms with E-state index in [1.165, 1.54) is 24.8 Å². The van der Waals surface area contributed by atoms with Crippen molar-refractivity contribution in [1.29, 1.82) is 0 Å². The first-order valence-electron chi connectivity index (χ1n) is 8.97. The average molecular weight is 432 g/mol. The Labute approximate surface area is 170 Å². The zero-order chi connectivity index (χ0) is 21.9. The number of alkyl halides is 3. The molecule has 0 saturated carbocycles. The molecule has 0 aliphatic carbocycles. The number of rotatable bonds is 1. The number of hydrogen-bond acceptors (Lipinski definition) is 6. The summed E-state index contributed by atoms with van der Waals surface area (Å²) in [6.45, 7) is -0.161. The largest absolute Gasteiger partial charge is 0.489 e. The van der Waals surface area contributed by atoms with Crippen molar-refractivity contribution in [3.05, 3.63) is 54.0 Å². The zero-order valence-corrected chi connectivity index (χ0v) is 15.5. The Morgan fingerprint density at radius 3 is 2.74 bits per heavy atom. The van der Waals surface area contributed by atoms with Crippen LogP contribution in [0.4, 0.5) is 29.1 Å². The van der Waals surface area contributed by atoms with Crippen LogP contribution >= 0.6 is 0 Å². The van der Waals surface area contributed by atoms with Crippen LogP contribution in [0.15, 0.2) is 36.9 Å². The van der Waals surface area contributed by atoms with Crippen LogP contribution in [0.2, 0.25) is 0 Å². The van der Waals surface area contributed by atoms with Crippen LogP contribution < -0.4 is 15.4 Å². The van der Waals surface area contributed by atoms with E-state index in [1.54, 1.807) is 4.40 Å². The van der Waals surface area contributed by atoms with Crippen LogP contribution in [0, 0.1) is 5.82 Å². The number of anilines is 2. The molecule has 0 atom stereocenters. The molecule has 4 aromatic rings. The van der Waals surface area contributed by atoms with Crippen molar-refractivity contribution in [3.63, 3.8) is 0 Å². The van der Waals surface area contributed by atoms with Crippen molar-refractivity contribution in [2.75, 3.05) is 23.8 Å². The number of benzene rings is 1. The van der Waals surface area contributed by atoms with Gasteiger partial charge in [0.05, 0.1) is 36.3 Å². The predicted molar refractivity (Wildman–Crippen MR) is 101 cm³/mol. The summed E-state index contributed by atoms with van der Waals surface area (Å²) in [4.78, 5) is 26.5. The Morgan fingerprint density at radius 2 is 1.97 bits per heavy atom. The van der Waals surface area contributed by atoms with Gasteiger partial charge < -0.3 is 10.5 Å². The lowest BCUT2D eigenvalue weighted by molar-refractivity contribution is -0.137. The van der Waals surface area contributed by atoms with E-state index in [0.29, 0.717) is 28.7 Å². The van der Waals surface area contributed by atoms with Gasteiger partial charge in [-0.3, -0.25) is 14.1 Å². The molecule has 0 unspecified atom stereocenters. The standard InChI is InChI=1S/C19H12F4N6O2/c20-10-3-9(19(21,22)23)4-15-16(10)28(1-2-31-15)18(30)11-5-13-12(6-26-11)27-17(24)14-7-25-8-29(13)14/h3-8H,1-2H2,(H2,24,27). The van der Waals surface area contributed by atoms with E-state index >= 15 is 0 Å². The van der Waals surface area contributed by atoms with Gasteiger partial charge in [0.2, 0.25) is 0 Å². The molecule has 0 bridgehead atoms. The number of imidazole rings is 1. The molecule has 0 radical (unpaired) electrons. The summed E-state index contributed by atoms with van der Waals surface area (Å²) in [5, 5.41) is 0. The molecule has 8 nitrogen and oxygen atoms in total. The Kier molecular flexibility index (Phi) is 4.00. The zero-order valence-electron chi connectivity index (χ0n) is 15.5. The molecule has 12 heteroatoms. The van der Waals surface area contributed by atoms with Crippen molar-refractivity contribution in [1.82, 2.24) is 19.4 Å². The van der Waals surface area contributed by atoms with Gasteiger partial charge in [-0.2, -0.15) is 13.2 Å². The van der Waals surface area contributed by atoms with Crippen LogP contribution in [0.3, 0.4) is 0 Å². The summed E-state index contributed by atoms with van der Waals surface area (Å²) >= 11 is 0. The maximum absolute atomic E-state index is 14.6. The van der Waals surface area contributed by atoms with Gasteiger partial charge in [-0.1, -0.05) is 0 Å². The minimum Gasteiger partial charge on any atom is -0.489 e. The third-order valence-corrected chi connectivity index (χ3v) is 4.93. The highest BCUT2D eigenvalue weighted by Gasteiger charge is 2.36. The number of pyridine rings is 1. The number of amides is 1. The Balaban J connectivity index is 1.60. The van der Waals surface area contributed by atoms with Gasteiger partial charge in [0, 0.05) is 0 Å². The molecule has 0 saturated heterocycles. The fourth-order valence-corrected chi connectivity index (χ4v) is 3.51. The number of nitrogens with two attached hydrogens (primary N) is 1. The molecule has 0 fully saturated rings. The van der Waals surface area contributed by atoms with Crippen LogP contribution in [-0.2, 0) is 6.18 Å². The first-order valence-corrected chi connectivity index (χ1v) is 8.97. The lowest BCUT2D eigenvalue weighted by atomic mass is 10.1. The molecule has 158 valence electrons. The molecule has 1 amide bonds. The van der Waals surface area contributed by atoms with E-state index in [1.807, 2.05) is 0 Å². The summed E-state index contributed by atoms with van der Waals surface area (Å²) < 4.78 is 60.4. The second kappa shape index (κ2) is 6.52. The highest BCUT2D eigenvalue weighted by Crippen LogP contribution is 2.40. The monoisotopic (exact) mass is 432 g/mol. The number of aromatic nitrogens is 4. The molecular weight excluding hydrogens is 420 g/mol. The molecule has 3 aromatic heterocycles. The minimum absolute atomic E-state index is 0.0544. The van der Waals surface area contributed by atoms with Crippen LogP contribution in [-0.4, -0.2) is 38.4 Å². The molecule has 0 spiro atoms. The van der Waals surface area contributed by atoms with Crippen molar-refractivity contribution >= 4 is 34.0 Å². The Hall–Kier alpha value is -3.96. The fraction of sp³-hybridized carbons (Fsp3) is 0.158. The molecule has 2 N–H and O–H groups in total. The first kappa shape index (κ1) is 19.0. The van der Waals surface area contributed by atoms with E-state index in [-0.39, 0.29) is 36.1 Å². The topological polar surface area (TPSA) is 98.6 Å². The van der Waals surface area contributed by atoms with E-state index in [4.69, 9.17) is 10.5 Å². The van der Waals surface area contributed by atoms with Crippen molar-refractivity contribution in [3.8, 4) is 5.75 Å². The number of nitrogen functional groups attached to an aromatic ring is 1. The number of ether oxygens (including phenoxy) is 1. The summed E-state index contributed by atoms with van der Waals surface area (Å²) in [5.41, 5.74) is 5.68. The number of carbonyl (C=O) groups excluding carboxylic acids is 1. The normalized spacial score (nSPS) is 14.0. The SMILES string of the molecule is Nc1nc2cnc(C(=O)N3CCOc4cc(C(F)(F)F)cc(F)c43)cc2n2cncc12. The van der Waals surface area contributed by atoms with Gasteiger partial charge in [-0.25, -0.2) is 19.3 Å². The number of nitrogens with zero attached hydrogens (tertiary/aromatic N) is 5. The molecule has 5 rings (SSSR count). The summed E-state index contributed by atoms with van der Waals surface area (Å²) in [7, 11) is 0. The minimum atomic E-state index is -4.75. The number of hydrogen-bond donors (Lipinski definition) is 1. The Bertz CT molecular complexity index is 1370. The van der Waals surface area contributed by atoms with E-state index < -0.39 is 23.5 Å². The molecule has 1 aliphatic heterocycles. The summed E-state index contributed by atoms with van der Waals surface area (Å²) in [6.07, 6.45) is -0.416. The van der Waals surface area contributed by atoms with Crippen molar-refractivity contribution in [2.45, 2.75) is 6.18 Å². The van der Waals surface area contributed by atoms with Gasteiger partial charge in [0.25, 0.3) is 5.91 Å². The van der Waals surface area contributed by atoms with Crippen LogP contribution in [0.25, 0.3) is 16.6 Å². The summed E-state index contributed by atoms with van der Waals surface area (Å²) in [6, 6.07) is 2.45. The van der Waals surface area contributed by atoms with Crippen molar-refractivity contribution < 1.29 is 27.1 Å². The average Bonchev–Trinajstić information content (AvgIpc) is 3.23. The predicted octanol–water partition coefficient (Wildman–Crippen LogP) is 3.06. The smallest absolute Gasteiger partial charge is 0.416 e. The lowest BCUT2D eigenvalue weighted by Crippen LogP contribution is -2.39. The van der Waals surface area contributed by atoms with Gasteiger partial charge in [0.1, 0.15) is 40.6 Å². The maximum atomic E-state index is 14.6. The molecule has 1 aromatic carbocycles. The maximum Gasteiger partial charge on any atom is 0.416 e. The fourth-order valence-electron chi connectivity index (χ4n) is 3.51. The van der Waals surface area contributed by atoms with Crippen LogP contribution in [0.5, 0.6) is 5.75 Å². The van der Waals surface area contributed by atoms with E-state index in [9.17, 15) is 22.4 Å². The van der Waals surface area contributed by atoms with E-state index in [0.717, 1.165) is 4.90 Å². The number of carbonyl (C=O) groups is 1. The highest BCUT2D eigenvalue weighted by molar-refractivity contribution is 6.07. The van der Waals surface area contributed by atoms with Gasteiger partial charge >= 0.3 is 6.18 Å². The summed E-state index contributed by atoms with van der Waals surface area (Å²) in [5.74, 6) is -2.05.